The molecule has 2 aromatic rings. The highest BCUT2D eigenvalue weighted by molar-refractivity contribution is 5.58. The second kappa shape index (κ2) is 3.58. The van der Waals surface area contributed by atoms with Crippen molar-refractivity contribution in [3.63, 3.8) is 0 Å². The first-order valence-corrected chi connectivity index (χ1v) is 4.65. The number of aryl methyl sites for hydroxylation is 2. The average molecular weight is 185 g/mol. The monoisotopic (exact) mass is 185 g/mol. The summed E-state index contributed by atoms with van der Waals surface area (Å²) < 4.78 is 2.10. The maximum atomic E-state index is 4.28. The van der Waals surface area contributed by atoms with Crippen molar-refractivity contribution >= 4 is 0 Å². The molecular formula is C12H13N2+. The molecule has 0 aromatic carbocycles. The zero-order valence-electron chi connectivity index (χ0n) is 8.44. The van der Waals surface area contributed by atoms with E-state index in [4.69, 9.17) is 0 Å². The van der Waals surface area contributed by atoms with E-state index in [0.29, 0.717) is 0 Å². The lowest BCUT2D eigenvalue weighted by atomic mass is 10.1. The second-order valence-corrected chi connectivity index (χ2v) is 3.33. The van der Waals surface area contributed by atoms with E-state index < -0.39 is 0 Å². The highest BCUT2D eigenvalue weighted by Crippen LogP contribution is 2.16. The predicted molar refractivity (Wildman–Crippen MR) is 55.6 cm³/mol. The van der Waals surface area contributed by atoms with E-state index >= 15 is 0 Å². The number of rotatable bonds is 1. The van der Waals surface area contributed by atoms with Crippen molar-refractivity contribution in [2.75, 3.05) is 0 Å². The third-order valence-electron chi connectivity index (χ3n) is 2.34. The first-order chi connectivity index (χ1) is 6.79. The van der Waals surface area contributed by atoms with Crippen molar-refractivity contribution in [1.29, 1.82) is 0 Å². The van der Waals surface area contributed by atoms with E-state index in [1.54, 1.807) is 0 Å². The van der Waals surface area contributed by atoms with E-state index in [-0.39, 0.29) is 0 Å². The smallest absolute Gasteiger partial charge is 0.214 e. The molecular weight excluding hydrogens is 172 g/mol. The Balaban J connectivity index is 2.61. The molecule has 0 aliphatic heterocycles. The first-order valence-electron chi connectivity index (χ1n) is 4.65. The van der Waals surface area contributed by atoms with E-state index in [9.17, 15) is 0 Å². The summed E-state index contributed by atoms with van der Waals surface area (Å²) in [5.74, 6) is 0. The summed E-state index contributed by atoms with van der Waals surface area (Å²) in [5.41, 5.74) is 3.45. The zero-order chi connectivity index (χ0) is 9.97. The number of hydrogen-bond acceptors (Lipinski definition) is 1. The number of aromatic nitrogens is 2. The van der Waals surface area contributed by atoms with Crippen molar-refractivity contribution in [2.45, 2.75) is 6.92 Å². The topological polar surface area (TPSA) is 16.8 Å². The molecule has 2 aromatic heterocycles. The maximum Gasteiger partial charge on any atom is 0.214 e. The fourth-order valence-electron chi connectivity index (χ4n) is 1.56. The molecule has 0 radical (unpaired) electrons. The van der Waals surface area contributed by atoms with Crippen LogP contribution in [-0.2, 0) is 7.05 Å². The molecule has 0 saturated carbocycles. The minimum Gasteiger partial charge on any atom is -0.261 e. The Morgan fingerprint density at radius 2 is 2.00 bits per heavy atom. The van der Waals surface area contributed by atoms with Crippen LogP contribution in [0.3, 0.4) is 0 Å². The fourth-order valence-corrected chi connectivity index (χ4v) is 1.56. The Kier molecular flexibility index (Phi) is 2.27. The van der Waals surface area contributed by atoms with Crippen LogP contribution in [0.2, 0.25) is 0 Å². The lowest BCUT2D eigenvalue weighted by Gasteiger charge is -2.01. The van der Waals surface area contributed by atoms with Crippen LogP contribution in [0.5, 0.6) is 0 Å². The van der Waals surface area contributed by atoms with Crippen LogP contribution in [-0.4, -0.2) is 4.98 Å². The summed E-state index contributed by atoms with van der Waals surface area (Å²) in [6, 6.07) is 10.2. The normalized spacial score (nSPS) is 10.1. The molecule has 0 saturated heterocycles. The summed E-state index contributed by atoms with van der Waals surface area (Å²) >= 11 is 0. The third kappa shape index (κ3) is 1.51. The van der Waals surface area contributed by atoms with Gasteiger partial charge in [-0.25, -0.2) is 4.57 Å². The standard InChI is InChI=1S/C12H13N2/c1-10-11(6-5-8-13-10)12-7-3-4-9-14(12)2/h3-9H,1-2H3/q+1. The largest absolute Gasteiger partial charge is 0.261 e. The number of pyridine rings is 2. The molecule has 2 rings (SSSR count). The van der Waals surface area contributed by atoms with Crippen molar-refractivity contribution in [3.05, 3.63) is 48.4 Å². The van der Waals surface area contributed by atoms with Crippen LogP contribution >= 0.6 is 0 Å². The van der Waals surface area contributed by atoms with Gasteiger partial charge in [0.25, 0.3) is 0 Å². The highest BCUT2D eigenvalue weighted by atomic mass is 14.9. The number of hydrogen-bond donors (Lipinski definition) is 0. The van der Waals surface area contributed by atoms with Crippen molar-refractivity contribution in [1.82, 2.24) is 4.98 Å². The van der Waals surface area contributed by atoms with Gasteiger partial charge in [-0.1, -0.05) is 0 Å². The van der Waals surface area contributed by atoms with Crippen LogP contribution in [0.1, 0.15) is 5.69 Å². The molecule has 0 aliphatic carbocycles. The average Bonchev–Trinajstić information content (AvgIpc) is 2.20. The molecule has 14 heavy (non-hydrogen) atoms. The lowest BCUT2D eigenvalue weighted by molar-refractivity contribution is -0.660. The van der Waals surface area contributed by atoms with Crippen molar-refractivity contribution in [2.24, 2.45) is 7.05 Å². The summed E-state index contributed by atoms with van der Waals surface area (Å²) in [4.78, 5) is 4.28. The SMILES string of the molecule is Cc1ncccc1-c1cccc[n+]1C. The van der Waals surface area contributed by atoms with E-state index in [1.807, 2.05) is 44.6 Å². The summed E-state index contributed by atoms with van der Waals surface area (Å²) in [5, 5.41) is 0. The van der Waals surface area contributed by atoms with E-state index in [1.165, 1.54) is 11.3 Å². The van der Waals surface area contributed by atoms with Gasteiger partial charge in [0.1, 0.15) is 7.05 Å². The summed E-state index contributed by atoms with van der Waals surface area (Å²) in [6.07, 6.45) is 3.86. The molecule has 0 bridgehead atoms. The highest BCUT2D eigenvalue weighted by Gasteiger charge is 2.10. The van der Waals surface area contributed by atoms with Gasteiger partial charge < -0.3 is 0 Å². The Labute approximate surface area is 83.9 Å². The third-order valence-corrected chi connectivity index (χ3v) is 2.34. The molecule has 2 heterocycles. The van der Waals surface area contributed by atoms with Crippen molar-refractivity contribution in [3.8, 4) is 11.3 Å². The van der Waals surface area contributed by atoms with Crippen LogP contribution in [0.4, 0.5) is 0 Å². The minimum atomic E-state index is 1.06. The molecule has 0 fully saturated rings. The minimum absolute atomic E-state index is 1.06. The van der Waals surface area contributed by atoms with Gasteiger partial charge >= 0.3 is 0 Å². The van der Waals surface area contributed by atoms with E-state index in [2.05, 4.69) is 21.7 Å². The van der Waals surface area contributed by atoms with Gasteiger partial charge in [0.2, 0.25) is 5.69 Å². The second-order valence-electron chi connectivity index (χ2n) is 3.33. The van der Waals surface area contributed by atoms with Gasteiger partial charge in [0, 0.05) is 18.3 Å². The summed E-state index contributed by atoms with van der Waals surface area (Å²) in [6.45, 7) is 2.03. The van der Waals surface area contributed by atoms with E-state index in [0.717, 1.165) is 5.69 Å². The van der Waals surface area contributed by atoms with Crippen LogP contribution in [0.15, 0.2) is 42.7 Å². The quantitative estimate of drug-likeness (QED) is 0.620. The Bertz CT molecular complexity index is 406. The molecule has 0 aliphatic rings. The first kappa shape index (κ1) is 8.88. The molecule has 0 unspecified atom stereocenters. The Morgan fingerprint density at radius 3 is 2.71 bits per heavy atom. The predicted octanol–water partition coefficient (Wildman–Crippen LogP) is 1.88. The fraction of sp³-hybridized carbons (Fsp3) is 0.167. The van der Waals surface area contributed by atoms with Crippen LogP contribution in [0, 0.1) is 6.92 Å². The molecule has 2 heteroatoms. The molecule has 0 atom stereocenters. The molecule has 0 spiro atoms. The number of nitrogens with zero attached hydrogens (tertiary/aromatic N) is 2. The van der Waals surface area contributed by atoms with Crippen LogP contribution in [0.25, 0.3) is 11.3 Å². The van der Waals surface area contributed by atoms with Crippen LogP contribution < -0.4 is 4.57 Å². The Morgan fingerprint density at radius 1 is 1.14 bits per heavy atom. The van der Waals surface area contributed by atoms with Gasteiger partial charge in [0.05, 0.1) is 11.3 Å². The summed E-state index contributed by atoms with van der Waals surface area (Å²) in [7, 11) is 2.04. The van der Waals surface area contributed by atoms with Crippen molar-refractivity contribution < 1.29 is 4.57 Å². The van der Waals surface area contributed by atoms with Gasteiger partial charge in [-0.05, 0) is 25.1 Å². The van der Waals surface area contributed by atoms with Gasteiger partial charge in [0.15, 0.2) is 6.20 Å². The van der Waals surface area contributed by atoms with Gasteiger partial charge in [-0.15, -0.1) is 0 Å². The molecule has 70 valence electrons. The molecule has 0 N–H and O–H groups in total. The molecule has 2 nitrogen and oxygen atoms in total. The molecule has 0 amide bonds. The maximum absolute atomic E-state index is 4.28. The van der Waals surface area contributed by atoms with Gasteiger partial charge in [-0.2, -0.15) is 0 Å². The Hall–Kier alpha value is -1.70. The lowest BCUT2D eigenvalue weighted by Crippen LogP contribution is -2.30. The van der Waals surface area contributed by atoms with Gasteiger partial charge in [-0.3, -0.25) is 4.98 Å². The zero-order valence-corrected chi connectivity index (χ0v) is 8.44.